The lowest BCUT2D eigenvalue weighted by molar-refractivity contribution is 0.127. The second kappa shape index (κ2) is 5.66. The summed E-state index contributed by atoms with van der Waals surface area (Å²) in [7, 11) is 0. The maximum atomic E-state index is 5.99. The van der Waals surface area contributed by atoms with Crippen molar-refractivity contribution in [1.29, 1.82) is 0 Å². The summed E-state index contributed by atoms with van der Waals surface area (Å²) in [6.45, 7) is 11.5. The SMILES string of the molecule is C=CCNCC(C)Oc1cccc2c1OC(C)(C)C2. The maximum Gasteiger partial charge on any atom is 0.165 e. The van der Waals surface area contributed by atoms with Gasteiger partial charge in [-0.15, -0.1) is 6.58 Å². The molecule has 1 aliphatic rings. The van der Waals surface area contributed by atoms with Gasteiger partial charge < -0.3 is 14.8 Å². The Balaban J connectivity index is 2.03. The molecule has 0 fully saturated rings. The summed E-state index contributed by atoms with van der Waals surface area (Å²) in [5.41, 5.74) is 1.10. The zero-order valence-electron chi connectivity index (χ0n) is 12.0. The molecule has 1 N–H and O–H groups in total. The number of rotatable bonds is 6. The Morgan fingerprint density at radius 2 is 2.32 bits per heavy atom. The summed E-state index contributed by atoms with van der Waals surface area (Å²) in [4.78, 5) is 0. The molecule has 1 unspecified atom stereocenters. The van der Waals surface area contributed by atoms with Crippen molar-refractivity contribution >= 4 is 0 Å². The van der Waals surface area contributed by atoms with Crippen LogP contribution in [0.2, 0.25) is 0 Å². The first-order valence-corrected chi connectivity index (χ1v) is 6.81. The Hall–Kier alpha value is -1.48. The van der Waals surface area contributed by atoms with E-state index in [1.165, 1.54) is 5.56 Å². The van der Waals surface area contributed by atoms with E-state index >= 15 is 0 Å². The minimum absolute atomic E-state index is 0.0961. The van der Waals surface area contributed by atoms with E-state index in [2.05, 4.69) is 38.7 Å². The van der Waals surface area contributed by atoms with Crippen LogP contribution < -0.4 is 14.8 Å². The zero-order chi connectivity index (χ0) is 13.9. The van der Waals surface area contributed by atoms with Gasteiger partial charge in [0.25, 0.3) is 0 Å². The van der Waals surface area contributed by atoms with Crippen molar-refractivity contribution in [1.82, 2.24) is 5.32 Å². The third-order valence-corrected chi connectivity index (χ3v) is 3.10. The maximum absolute atomic E-state index is 5.99. The second-order valence-corrected chi connectivity index (χ2v) is 5.66. The second-order valence-electron chi connectivity index (χ2n) is 5.66. The highest BCUT2D eigenvalue weighted by molar-refractivity contribution is 5.50. The minimum Gasteiger partial charge on any atom is -0.485 e. The van der Waals surface area contributed by atoms with Crippen molar-refractivity contribution in [2.75, 3.05) is 13.1 Å². The van der Waals surface area contributed by atoms with E-state index in [9.17, 15) is 0 Å². The van der Waals surface area contributed by atoms with Crippen LogP contribution in [-0.2, 0) is 6.42 Å². The van der Waals surface area contributed by atoms with Crippen molar-refractivity contribution in [3.05, 3.63) is 36.4 Å². The van der Waals surface area contributed by atoms with Crippen LogP contribution in [0, 0.1) is 0 Å². The molecule has 104 valence electrons. The molecule has 1 atom stereocenters. The van der Waals surface area contributed by atoms with E-state index in [4.69, 9.17) is 9.47 Å². The third-order valence-electron chi connectivity index (χ3n) is 3.10. The number of para-hydroxylation sites is 1. The molecule has 0 radical (unpaired) electrons. The first kappa shape index (κ1) is 13.9. The van der Waals surface area contributed by atoms with E-state index in [0.717, 1.165) is 31.0 Å². The molecule has 0 amide bonds. The highest BCUT2D eigenvalue weighted by Gasteiger charge is 2.32. The molecule has 2 rings (SSSR count). The minimum atomic E-state index is -0.133. The van der Waals surface area contributed by atoms with Crippen LogP contribution in [0.3, 0.4) is 0 Å². The lowest BCUT2D eigenvalue weighted by Gasteiger charge is -2.20. The summed E-state index contributed by atoms with van der Waals surface area (Å²) >= 11 is 0. The van der Waals surface area contributed by atoms with Crippen LogP contribution in [0.5, 0.6) is 11.5 Å². The Kier molecular flexibility index (Phi) is 4.15. The van der Waals surface area contributed by atoms with Crippen LogP contribution in [0.4, 0.5) is 0 Å². The van der Waals surface area contributed by atoms with E-state index in [1.807, 2.05) is 18.2 Å². The van der Waals surface area contributed by atoms with Gasteiger partial charge in [0.05, 0.1) is 0 Å². The number of hydrogen-bond acceptors (Lipinski definition) is 3. The number of hydrogen-bond donors (Lipinski definition) is 1. The van der Waals surface area contributed by atoms with E-state index < -0.39 is 0 Å². The quantitative estimate of drug-likeness (QED) is 0.631. The van der Waals surface area contributed by atoms with Crippen LogP contribution in [0.15, 0.2) is 30.9 Å². The number of nitrogens with one attached hydrogen (secondary N) is 1. The summed E-state index contributed by atoms with van der Waals surface area (Å²) in [5.74, 6) is 1.75. The Labute approximate surface area is 115 Å². The van der Waals surface area contributed by atoms with Crippen molar-refractivity contribution in [3.63, 3.8) is 0 Å². The normalized spacial score (nSPS) is 17.4. The average Bonchev–Trinajstić information content (AvgIpc) is 2.65. The van der Waals surface area contributed by atoms with E-state index in [-0.39, 0.29) is 11.7 Å². The van der Waals surface area contributed by atoms with Crippen LogP contribution in [0.25, 0.3) is 0 Å². The molecule has 0 aliphatic carbocycles. The smallest absolute Gasteiger partial charge is 0.165 e. The standard InChI is InChI=1S/C16H23NO2/c1-5-9-17-11-12(2)18-14-8-6-7-13-10-16(3,4)19-15(13)14/h5-8,12,17H,1,9-11H2,2-4H3. The van der Waals surface area contributed by atoms with Gasteiger partial charge in [0, 0.05) is 25.1 Å². The van der Waals surface area contributed by atoms with Gasteiger partial charge in [-0.2, -0.15) is 0 Å². The highest BCUT2D eigenvalue weighted by Crippen LogP contribution is 2.41. The molecule has 0 aromatic heterocycles. The molecular weight excluding hydrogens is 238 g/mol. The first-order chi connectivity index (χ1) is 9.02. The molecule has 1 aliphatic heterocycles. The van der Waals surface area contributed by atoms with Crippen molar-refractivity contribution in [2.24, 2.45) is 0 Å². The molecule has 1 heterocycles. The summed E-state index contributed by atoms with van der Waals surface area (Å²) in [6, 6.07) is 6.12. The topological polar surface area (TPSA) is 30.5 Å². The fraction of sp³-hybridized carbons (Fsp3) is 0.500. The Morgan fingerprint density at radius 3 is 3.05 bits per heavy atom. The lowest BCUT2D eigenvalue weighted by atomic mass is 10.0. The first-order valence-electron chi connectivity index (χ1n) is 6.81. The van der Waals surface area contributed by atoms with Gasteiger partial charge in [-0.05, 0) is 26.8 Å². The molecule has 19 heavy (non-hydrogen) atoms. The van der Waals surface area contributed by atoms with Gasteiger partial charge in [-0.3, -0.25) is 0 Å². The van der Waals surface area contributed by atoms with Crippen molar-refractivity contribution in [2.45, 2.75) is 38.9 Å². The summed E-state index contributed by atoms with van der Waals surface area (Å²) < 4.78 is 12.0. The fourth-order valence-electron chi connectivity index (χ4n) is 2.33. The van der Waals surface area contributed by atoms with Crippen LogP contribution >= 0.6 is 0 Å². The van der Waals surface area contributed by atoms with Crippen molar-refractivity contribution < 1.29 is 9.47 Å². The summed E-state index contributed by atoms with van der Waals surface area (Å²) in [6.07, 6.45) is 2.88. The van der Waals surface area contributed by atoms with Crippen molar-refractivity contribution in [3.8, 4) is 11.5 Å². The van der Waals surface area contributed by atoms with Gasteiger partial charge in [0.15, 0.2) is 11.5 Å². The zero-order valence-corrected chi connectivity index (χ0v) is 12.0. The lowest BCUT2D eigenvalue weighted by Crippen LogP contribution is -2.29. The van der Waals surface area contributed by atoms with E-state index in [0.29, 0.717) is 0 Å². The molecule has 3 heteroatoms. The van der Waals surface area contributed by atoms with Gasteiger partial charge >= 0.3 is 0 Å². The molecule has 0 spiro atoms. The predicted octanol–water partition coefficient (Wildman–Crippen LogP) is 2.94. The largest absolute Gasteiger partial charge is 0.485 e. The predicted molar refractivity (Wildman–Crippen MR) is 78.0 cm³/mol. The number of ether oxygens (including phenoxy) is 2. The Bertz CT molecular complexity index is 454. The Morgan fingerprint density at radius 1 is 1.53 bits per heavy atom. The molecule has 0 saturated heterocycles. The van der Waals surface area contributed by atoms with Gasteiger partial charge in [0.2, 0.25) is 0 Å². The van der Waals surface area contributed by atoms with Gasteiger partial charge in [-0.1, -0.05) is 18.2 Å². The fourth-order valence-corrected chi connectivity index (χ4v) is 2.33. The average molecular weight is 261 g/mol. The van der Waals surface area contributed by atoms with Crippen LogP contribution in [-0.4, -0.2) is 24.8 Å². The van der Waals surface area contributed by atoms with E-state index in [1.54, 1.807) is 0 Å². The third kappa shape index (κ3) is 3.51. The number of benzene rings is 1. The highest BCUT2D eigenvalue weighted by atomic mass is 16.5. The molecule has 1 aromatic carbocycles. The van der Waals surface area contributed by atoms with Crippen LogP contribution in [0.1, 0.15) is 26.3 Å². The number of fused-ring (bicyclic) bond motifs is 1. The molecular formula is C16H23NO2. The molecule has 0 bridgehead atoms. The summed E-state index contributed by atoms with van der Waals surface area (Å²) in [5, 5.41) is 3.26. The molecule has 3 nitrogen and oxygen atoms in total. The molecule has 1 aromatic rings. The monoisotopic (exact) mass is 261 g/mol. The molecule has 0 saturated carbocycles. The van der Waals surface area contributed by atoms with Gasteiger partial charge in [0.1, 0.15) is 11.7 Å². The van der Waals surface area contributed by atoms with Gasteiger partial charge in [-0.25, -0.2) is 0 Å².